The van der Waals surface area contributed by atoms with Gasteiger partial charge in [-0.2, -0.15) is 0 Å². The minimum atomic E-state index is 1.12. The highest BCUT2D eigenvalue weighted by molar-refractivity contribution is 6.14. The van der Waals surface area contributed by atoms with Gasteiger partial charge in [0.2, 0.25) is 0 Å². The molecule has 0 aromatic heterocycles. The topological polar surface area (TPSA) is 3.24 Å². The number of fused-ring (bicyclic) bond motifs is 6. The number of hydrogen-bond donors (Lipinski definition) is 0. The Morgan fingerprint density at radius 2 is 0.723 bits per heavy atom. The Morgan fingerprint density at radius 1 is 0.255 bits per heavy atom. The second-order valence-corrected chi connectivity index (χ2v) is 12.2. The van der Waals surface area contributed by atoms with E-state index in [0.29, 0.717) is 0 Å². The van der Waals surface area contributed by atoms with Gasteiger partial charge in [-0.1, -0.05) is 146 Å². The molecule has 0 saturated carbocycles. The zero-order valence-electron chi connectivity index (χ0n) is 25.8. The summed E-state index contributed by atoms with van der Waals surface area (Å²) < 4.78 is 0. The lowest BCUT2D eigenvalue weighted by Gasteiger charge is -2.26. The van der Waals surface area contributed by atoms with E-state index < -0.39 is 0 Å². The van der Waals surface area contributed by atoms with Crippen LogP contribution in [0.2, 0.25) is 0 Å². The van der Waals surface area contributed by atoms with Crippen LogP contribution in [-0.2, 0) is 0 Å². The molecule has 0 radical (unpaired) electrons. The highest BCUT2D eigenvalue weighted by Crippen LogP contribution is 2.40. The molecule has 0 bridgehead atoms. The largest absolute Gasteiger partial charge is 0.310 e. The zero-order valence-corrected chi connectivity index (χ0v) is 25.8. The molecule has 1 heteroatoms. The van der Waals surface area contributed by atoms with E-state index in [0.717, 1.165) is 17.1 Å². The van der Waals surface area contributed by atoms with Gasteiger partial charge in [0.25, 0.3) is 0 Å². The molecule has 0 unspecified atom stereocenters. The highest BCUT2D eigenvalue weighted by atomic mass is 15.1. The monoisotopic (exact) mass is 597 g/mol. The van der Waals surface area contributed by atoms with Crippen molar-refractivity contribution in [1.82, 2.24) is 0 Å². The van der Waals surface area contributed by atoms with E-state index in [1.807, 2.05) is 0 Å². The van der Waals surface area contributed by atoms with Crippen molar-refractivity contribution in [2.24, 2.45) is 0 Å². The van der Waals surface area contributed by atoms with E-state index in [9.17, 15) is 0 Å². The molecule has 9 aromatic rings. The van der Waals surface area contributed by atoms with Crippen LogP contribution in [-0.4, -0.2) is 0 Å². The van der Waals surface area contributed by atoms with Crippen molar-refractivity contribution >= 4 is 60.2 Å². The number of benzene rings is 9. The summed E-state index contributed by atoms with van der Waals surface area (Å²) in [5.41, 5.74) is 8.25. The Balaban J connectivity index is 1.19. The quantitative estimate of drug-likeness (QED) is 0.178. The van der Waals surface area contributed by atoms with Crippen molar-refractivity contribution in [3.8, 4) is 22.3 Å². The molecule has 0 amide bonds. The summed E-state index contributed by atoms with van der Waals surface area (Å²) >= 11 is 0. The number of anilines is 3. The Labute approximate surface area is 274 Å². The van der Waals surface area contributed by atoms with Crippen LogP contribution in [0.1, 0.15) is 0 Å². The minimum absolute atomic E-state index is 1.12. The fourth-order valence-corrected chi connectivity index (χ4v) is 7.09. The van der Waals surface area contributed by atoms with Crippen molar-refractivity contribution < 1.29 is 0 Å². The van der Waals surface area contributed by atoms with Gasteiger partial charge in [-0.15, -0.1) is 0 Å². The molecule has 9 aromatic carbocycles. The van der Waals surface area contributed by atoms with Crippen LogP contribution in [0.3, 0.4) is 0 Å². The smallest absolute Gasteiger partial charge is 0.0468 e. The number of rotatable bonds is 5. The molecule has 1 nitrogen and oxygen atoms in total. The molecular weight excluding hydrogens is 567 g/mol. The Kier molecular flexibility index (Phi) is 6.54. The highest BCUT2D eigenvalue weighted by Gasteiger charge is 2.16. The normalized spacial score (nSPS) is 11.4. The van der Waals surface area contributed by atoms with Crippen molar-refractivity contribution in [2.75, 3.05) is 4.90 Å². The summed E-state index contributed by atoms with van der Waals surface area (Å²) in [7, 11) is 0. The van der Waals surface area contributed by atoms with Gasteiger partial charge in [0.05, 0.1) is 0 Å². The molecular formula is C46H31N. The molecule has 220 valence electrons. The van der Waals surface area contributed by atoms with Crippen molar-refractivity contribution in [1.29, 1.82) is 0 Å². The molecule has 0 N–H and O–H groups in total. The Hall–Kier alpha value is -6.18. The van der Waals surface area contributed by atoms with Gasteiger partial charge >= 0.3 is 0 Å². The van der Waals surface area contributed by atoms with Crippen molar-refractivity contribution in [3.05, 3.63) is 188 Å². The summed E-state index contributed by atoms with van der Waals surface area (Å²) in [6.07, 6.45) is 0. The summed E-state index contributed by atoms with van der Waals surface area (Å²) in [6.45, 7) is 0. The third-order valence-corrected chi connectivity index (χ3v) is 9.43. The third kappa shape index (κ3) is 4.81. The van der Waals surface area contributed by atoms with Crippen LogP contribution < -0.4 is 4.90 Å². The first-order chi connectivity index (χ1) is 23.3. The first-order valence-electron chi connectivity index (χ1n) is 16.2. The molecule has 0 atom stereocenters. The standard InChI is InChI=1S/C46H31N/c1-2-10-32(11-3-1)33-20-25-38(26-21-33)47(40-29-24-35-19-18-34-12-4-6-14-41(34)46(35)31-40)39-27-22-36(23-28-39)45-30-37-13-5-7-15-42(37)43-16-8-9-17-44(43)45/h1-31H. The lowest BCUT2D eigenvalue weighted by Crippen LogP contribution is -2.09. The van der Waals surface area contributed by atoms with Crippen LogP contribution in [0.4, 0.5) is 17.1 Å². The van der Waals surface area contributed by atoms with Gasteiger partial charge < -0.3 is 4.90 Å². The van der Waals surface area contributed by atoms with Gasteiger partial charge in [-0.3, -0.25) is 0 Å². The average molecular weight is 598 g/mol. The van der Waals surface area contributed by atoms with Gasteiger partial charge in [0, 0.05) is 17.1 Å². The fraction of sp³-hybridized carbons (Fsp3) is 0. The second-order valence-electron chi connectivity index (χ2n) is 12.2. The van der Waals surface area contributed by atoms with Crippen LogP contribution >= 0.6 is 0 Å². The first-order valence-corrected chi connectivity index (χ1v) is 16.2. The van der Waals surface area contributed by atoms with E-state index in [-0.39, 0.29) is 0 Å². The molecule has 0 aliphatic heterocycles. The average Bonchev–Trinajstić information content (AvgIpc) is 3.15. The SMILES string of the molecule is c1ccc(-c2ccc(N(c3ccc(-c4cc5ccccc5c5ccccc45)cc3)c3ccc4ccc5ccccc5c4c3)cc2)cc1. The van der Waals surface area contributed by atoms with Gasteiger partial charge in [0.15, 0.2) is 0 Å². The first kappa shape index (κ1) is 27.2. The molecule has 0 saturated heterocycles. The maximum Gasteiger partial charge on any atom is 0.0468 e. The number of hydrogen-bond acceptors (Lipinski definition) is 1. The Bertz CT molecular complexity index is 2550. The summed E-state index contributed by atoms with van der Waals surface area (Å²) in [6, 6.07) is 68.3. The molecule has 0 fully saturated rings. The van der Waals surface area contributed by atoms with Crippen LogP contribution in [0, 0.1) is 0 Å². The second kappa shape index (κ2) is 11.3. The maximum absolute atomic E-state index is 2.37. The molecule has 0 aliphatic carbocycles. The van der Waals surface area contributed by atoms with Crippen molar-refractivity contribution in [2.45, 2.75) is 0 Å². The lowest BCUT2D eigenvalue weighted by molar-refractivity contribution is 1.29. The Morgan fingerprint density at radius 3 is 1.43 bits per heavy atom. The van der Waals surface area contributed by atoms with Gasteiger partial charge in [-0.05, 0) is 108 Å². The maximum atomic E-state index is 2.37. The summed E-state index contributed by atoms with van der Waals surface area (Å²) in [5.74, 6) is 0. The predicted molar refractivity (Wildman–Crippen MR) is 202 cm³/mol. The van der Waals surface area contributed by atoms with Crippen LogP contribution in [0.5, 0.6) is 0 Å². The molecule has 9 rings (SSSR count). The van der Waals surface area contributed by atoms with E-state index in [1.165, 1.54) is 65.3 Å². The lowest BCUT2D eigenvalue weighted by atomic mass is 9.93. The van der Waals surface area contributed by atoms with Crippen molar-refractivity contribution in [3.63, 3.8) is 0 Å². The molecule has 47 heavy (non-hydrogen) atoms. The van der Waals surface area contributed by atoms with E-state index in [1.54, 1.807) is 0 Å². The van der Waals surface area contributed by atoms with E-state index >= 15 is 0 Å². The van der Waals surface area contributed by atoms with Crippen LogP contribution in [0.25, 0.3) is 65.3 Å². The van der Waals surface area contributed by atoms with Gasteiger partial charge in [0.1, 0.15) is 0 Å². The fourth-order valence-electron chi connectivity index (χ4n) is 7.09. The summed E-state index contributed by atoms with van der Waals surface area (Å²) in [5, 5.41) is 10.1. The molecule has 0 aliphatic rings. The van der Waals surface area contributed by atoms with E-state index in [4.69, 9.17) is 0 Å². The number of nitrogens with zero attached hydrogens (tertiary/aromatic N) is 1. The summed E-state index contributed by atoms with van der Waals surface area (Å²) in [4.78, 5) is 2.37. The van der Waals surface area contributed by atoms with Crippen LogP contribution in [0.15, 0.2) is 188 Å². The predicted octanol–water partition coefficient (Wildman–Crippen LogP) is 13.1. The van der Waals surface area contributed by atoms with Gasteiger partial charge in [-0.25, -0.2) is 0 Å². The molecule has 0 spiro atoms. The van der Waals surface area contributed by atoms with E-state index in [2.05, 4.69) is 193 Å². The zero-order chi connectivity index (χ0) is 31.2. The third-order valence-electron chi connectivity index (χ3n) is 9.43. The molecule has 0 heterocycles. The minimum Gasteiger partial charge on any atom is -0.310 e.